The number of hydrogen-bond donors (Lipinski definition) is 0. The second-order valence-electron chi connectivity index (χ2n) is 7.02. The molecule has 3 heteroatoms. The maximum atomic E-state index is 14.6. The summed E-state index contributed by atoms with van der Waals surface area (Å²) in [6.07, 6.45) is 0.212. The largest absolute Gasteiger partial charge is 0.206 e. The Morgan fingerprint density at radius 2 is 1.00 bits per heavy atom. The van der Waals surface area contributed by atoms with Gasteiger partial charge < -0.3 is 0 Å². The van der Waals surface area contributed by atoms with Crippen LogP contribution in [0.3, 0.4) is 0 Å². The van der Waals surface area contributed by atoms with Crippen LogP contribution < -0.4 is 0 Å². The number of halogens is 3. The lowest BCUT2D eigenvalue weighted by molar-refractivity contribution is 0.416. The SMILES string of the molecule is CCc1c(F)c(C(C)(C)C)c(F)c(C(C)(C)C)c1F. The second kappa shape index (κ2) is 4.84. The Morgan fingerprint density at radius 3 is 1.21 bits per heavy atom. The molecule has 0 radical (unpaired) electrons. The summed E-state index contributed by atoms with van der Waals surface area (Å²) in [7, 11) is 0. The third-order valence-electron chi connectivity index (χ3n) is 3.26. The molecule has 1 aromatic carbocycles. The van der Waals surface area contributed by atoms with Crippen molar-refractivity contribution in [2.75, 3.05) is 0 Å². The van der Waals surface area contributed by atoms with E-state index >= 15 is 0 Å². The molecule has 19 heavy (non-hydrogen) atoms. The van der Waals surface area contributed by atoms with Crippen molar-refractivity contribution in [2.45, 2.75) is 65.7 Å². The zero-order valence-electron chi connectivity index (χ0n) is 12.8. The van der Waals surface area contributed by atoms with Gasteiger partial charge in [0.25, 0.3) is 0 Å². The van der Waals surface area contributed by atoms with Gasteiger partial charge in [0.1, 0.15) is 17.5 Å². The summed E-state index contributed by atoms with van der Waals surface area (Å²) < 4.78 is 43.4. The summed E-state index contributed by atoms with van der Waals surface area (Å²) in [6, 6.07) is 0. The molecule has 108 valence electrons. The minimum Gasteiger partial charge on any atom is -0.206 e. The van der Waals surface area contributed by atoms with Crippen molar-refractivity contribution < 1.29 is 13.2 Å². The number of rotatable bonds is 1. The zero-order valence-corrected chi connectivity index (χ0v) is 12.8. The molecule has 0 spiro atoms. The molecule has 0 aromatic heterocycles. The maximum Gasteiger partial charge on any atom is 0.136 e. The molecule has 0 heterocycles. The van der Waals surface area contributed by atoms with Crippen LogP contribution >= 0.6 is 0 Å². The molecule has 1 aromatic rings. The van der Waals surface area contributed by atoms with E-state index in [1.165, 1.54) is 0 Å². The molecule has 0 aliphatic rings. The van der Waals surface area contributed by atoms with E-state index in [1.807, 2.05) is 0 Å². The first kappa shape index (κ1) is 16.1. The van der Waals surface area contributed by atoms with Gasteiger partial charge in [0.05, 0.1) is 0 Å². The van der Waals surface area contributed by atoms with E-state index in [-0.39, 0.29) is 23.1 Å². The quantitative estimate of drug-likeness (QED) is 0.654. The molecule has 0 saturated heterocycles. The zero-order chi connectivity index (χ0) is 15.2. The van der Waals surface area contributed by atoms with E-state index in [4.69, 9.17) is 0 Å². The van der Waals surface area contributed by atoms with Crippen LogP contribution in [0.15, 0.2) is 0 Å². The lowest BCUT2D eigenvalue weighted by Crippen LogP contribution is -2.25. The van der Waals surface area contributed by atoms with Crippen LogP contribution in [-0.2, 0) is 17.3 Å². The molecule has 0 aliphatic heterocycles. The summed E-state index contributed by atoms with van der Waals surface area (Å²) in [4.78, 5) is 0. The lowest BCUT2D eigenvalue weighted by Gasteiger charge is -2.29. The summed E-state index contributed by atoms with van der Waals surface area (Å²) in [6.45, 7) is 12.1. The smallest absolute Gasteiger partial charge is 0.136 e. The Bertz CT molecular complexity index is 447. The van der Waals surface area contributed by atoms with Crippen molar-refractivity contribution in [3.63, 3.8) is 0 Å². The van der Waals surface area contributed by atoms with E-state index in [1.54, 1.807) is 48.5 Å². The minimum atomic E-state index is -0.743. The maximum absolute atomic E-state index is 14.6. The van der Waals surface area contributed by atoms with Crippen LogP contribution in [0.5, 0.6) is 0 Å². The minimum absolute atomic E-state index is 0.0174. The van der Waals surface area contributed by atoms with Crippen LogP contribution in [-0.4, -0.2) is 0 Å². The lowest BCUT2D eigenvalue weighted by atomic mass is 9.77. The Kier molecular flexibility index (Phi) is 4.09. The Labute approximate surface area is 114 Å². The molecule has 0 bridgehead atoms. The van der Waals surface area contributed by atoms with Crippen LogP contribution in [0.25, 0.3) is 0 Å². The molecule has 0 aliphatic carbocycles. The van der Waals surface area contributed by atoms with E-state index < -0.39 is 28.3 Å². The van der Waals surface area contributed by atoms with Crippen molar-refractivity contribution in [3.8, 4) is 0 Å². The van der Waals surface area contributed by atoms with Crippen LogP contribution in [0.1, 0.15) is 65.2 Å². The third-order valence-corrected chi connectivity index (χ3v) is 3.26. The van der Waals surface area contributed by atoms with Crippen molar-refractivity contribution in [2.24, 2.45) is 0 Å². The topological polar surface area (TPSA) is 0 Å². The van der Waals surface area contributed by atoms with Gasteiger partial charge in [-0.25, -0.2) is 13.2 Å². The Hall–Kier alpha value is -0.990. The van der Waals surface area contributed by atoms with Crippen molar-refractivity contribution >= 4 is 0 Å². The highest BCUT2D eigenvalue weighted by atomic mass is 19.1. The van der Waals surface area contributed by atoms with Gasteiger partial charge in [-0.1, -0.05) is 48.5 Å². The van der Waals surface area contributed by atoms with E-state index in [2.05, 4.69) is 0 Å². The number of benzene rings is 1. The Morgan fingerprint density at radius 1 is 0.684 bits per heavy atom. The molecule has 0 saturated carbocycles. The fraction of sp³-hybridized carbons (Fsp3) is 0.625. The third kappa shape index (κ3) is 2.80. The first-order chi connectivity index (χ1) is 8.42. The fourth-order valence-electron chi connectivity index (χ4n) is 2.34. The normalized spacial score (nSPS) is 12.9. The molecule has 0 fully saturated rings. The van der Waals surface area contributed by atoms with Crippen molar-refractivity contribution in [1.82, 2.24) is 0 Å². The van der Waals surface area contributed by atoms with Gasteiger partial charge in [-0.15, -0.1) is 0 Å². The monoisotopic (exact) mass is 272 g/mol. The van der Waals surface area contributed by atoms with Crippen molar-refractivity contribution in [1.29, 1.82) is 0 Å². The Balaban J connectivity index is 3.88. The number of hydrogen-bond acceptors (Lipinski definition) is 0. The molecule has 0 nitrogen and oxygen atoms in total. The molecule has 0 N–H and O–H groups in total. The van der Waals surface area contributed by atoms with Gasteiger partial charge in [-0.2, -0.15) is 0 Å². The van der Waals surface area contributed by atoms with Crippen LogP contribution in [0, 0.1) is 17.5 Å². The van der Waals surface area contributed by atoms with Gasteiger partial charge >= 0.3 is 0 Å². The molecular formula is C16H23F3. The molecule has 0 amide bonds. The highest BCUT2D eigenvalue weighted by Gasteiger charge is 2.34. The van der Waals surface area contributed by atoms with Gasteiger partial charge in [-0.3, -0.25) is 0 Å². The first-order valence-electron chi connectivity index (χ1n) is 6.63. The molecule has 0 atom stereocenters. The average molecular weight is 272 g/mol. The van der Waals surface area contributed by atoms with Crippen LogP contribution in [0.2, 0.25) is 0 Å². The van der Waals surface area contributed by atoms with Gasteiger partial charge in [0, 0.05) is 16.7 Å². The molecule has 1 rings (SSSR count). The first-order valence-corrected chi connectivity index (χ1v) is 6.63. The fourth-order valence-corrected chi connectivity index (χ4v) is 2.34. The van der Waals surface area contributed by atoms with E-state index in [0.29, 0.717) is 0 Å². The molecule has 0 unspecified atom stereocenters. The second-order valence-corrected chi connectivity index (χ2v) is 7.02. The van der Waals surface area contributed by atoms with Gasteiger partial charge in [0.2, 0.25) is 0 Å². The summed E-state index contributed by atoms with van der Waals surface area (Å²) in [5.41, 5.74) is -1.46. The van der Waals surface area contributed by atoms with Crippen LogP contribution in [0.4, 0.5) is 13.2 Å². The van der Waals surface area contributed by atoms with Crippen molar-refractivity contribution in [3.05, 3.63) is 34.1 Å². The van der Waals surface area contributed by atoms with Gasteiger partial charge in [-0.05, 0) is 17.3 Å². The van der Waals surface area contributed by atoms with E-state index in [9.17, 15) is 13.2 Å². The van der Waals surface area contributed by atoms with Gasteiger partial charge in [0.15, 0.2) is 0 Å². The standard InChI is InChI=1S/C16H23F3/c1-8-9-12(17)10(15(2,3)4)14(19)11(13(9)18)16(5,6)7/h8H2,1-7H3. The summed E-state index contributed by atoms with van der Waals surface area (Å²) in [5.74, 6) is -2.22. The highest BCUT2D eigenvalue weighted by Crippen LogP contribution is 2.38. The highest BCUT2D eigenvalue weighted by molar-refractivity contribution is 5.42. The molecular weight excluding hydrogens is 249 g/mol. The summed E-state index contributed by atoms with van der Waals surface area (Å²) in [5, 5.41) is 0. The predicted octanol–water partition coefficient (Wildman–Crippen LogP) is 5.26. The predicted molar refractivity (Wildman–Crippen MR) is 73.1 cm³/mol. The van der Waals surface area contributed by atoms with E-state index in [0.717, 1.165) is 0 Å². The average Bonchev–Trinajstić information content (AvgIpc) is 2.12. The summed E-state index contributed by atoms with van der Waals surface area (Å²) >= 11 is 0.